The summed E-state index contributed by atoms with van der Waals surface area (Å²) in [7, 11) is 1.56. The van der Waals surface area contributed by atoms with E-state index in [0.717, 1.165) is 5.56 Å². The molecule has 0 spiro atoms. The molecule has 2 N–H and O–H groups in total. The van der Waals surface area contributed by atoms with Crippen LogP contribution in [-0.2, 0) is 6.54 Å². The first-order chi connectivity index (χ1) is 9.60. The summed E-state index contributed by atoms with van der Waals surface area (Å²) in [5.74, 6) is 0.279. The molecule has 0 saturated carbocycles. The number of hydrogen-bond acceptors (Lipinski definition) is 4. The molecule has 106 valence electrons. The van der Waals surface area contributed by atoms with Gasteiger partial charge in [0.2, 0.25) is 5.88 Å². The minimum Gasteiger partial charge on any atom is -0.508 e. The zero-order valence-corrected chi connectivity index (χ0v) is 11.4. The van der Waals surface area contributed by atoms with Crippen LogP contribution >= 0.6 is 0 Å². The van der Waals surface area contributed by atoms with Crippen molar-refractivity contribution < 1.29 is 14.2 Å². The monoisotopic (exact) mass is 276 g/mol. The van der Waals surface area contributed by atoms with E-state index in [1.54, 1.807) is 19.4 Å². The lowest BCUT2D eigenvalue weighted by atomic mass is 10.1. The Morgan fingerprint density at radius 3 is 2.80 bits per heavy atom. The number of aromatic nitrogens is 1. The molecule has 4 nitrogen and oxygen atoms in total. The maximum atomic E-state index is 13.2. The molecule has 20 heavy (non-hydrogen) atoms. The van der Waals surface area contributed by atoms with Gasteiger partial charge in [-0.3, -0.25) is 0 Å². The Labute approximate surface area is 117 Å². The molecule has 0 fully saturated rings. The van der Waals surface area contributed by atoms with Crippen LogP contribution in [0.25, 0.3) is 0 Å². The lowest BCUT2D eigenvalue weighted by molar-refractivity contribution is 0.397. The van der Waals surface area contributed by atoms with Gasteiger partial charge in [0.1, 0.15) is 11.6 Å². The maximum Gasteiger partial charge on any atom is 0.212 e. The number of pyridine rings is 1. The van der Waals surface area contributed by atoms with E-state index in [4.69, 9.17) is 4.74 Å². The third-order valence-corrected chi connectivity index (χ3v) is 3.08. The first kappa shape index (κ1) is 14.3. The van der Waals surface area contributed by atoms with Crippen LogP contribution in [-0.4, -0.2) is 17.2 Å². The summed E-state index contributed by atoms with van der Waals surface area (Å²) in [6, 6.07) is 7.43. The van der Waals surface area contributed by atoms with Crippen molar-refractivity contribution in [3.05, 3.63) is 53.5 Å². The molecule has 0 saturated heterocycles. The molecule has 0 bridgehead atoms. The minimum atomic E-state index is -0.363. The largest absolute Gasteiger partial charge is 0.508 e. The third kappa shape index (κ3) is 3.45. The van der Waals surface area contributed by atoms with E-state index < -0.39 is 0 Å². The van der Waals surface area contributed by atoms with Crippen molar-refractivity contribution in [1.82, 2.24) is 10.3 Å². The second kappa shape index (κ2) is 6.34. The SMILES string of the molecule is COc1ccc(CNC(C)c2cc(F)ccc2O)cn1. The average molecular weight is 276 g/mol. The van der Waals surface area contributed by atoms with Crippen LogP contribution in [0.3, 0.4) is 0 Å². The molecular formula is C15H17FN2O2. The standard InChI is InChI=1S/C15H17FN2O2/c1-10(13-7-12(16)4-5-14(13)19)17-8-11-3-6-15(20-2)18-9-11/h3-7,9-10,17,19H,8H2,1-2H3. The molecule has 1 aromatic carbocycles. The number of nitrogens with zero attached hydrogens (tertiary/aromatic N) is 1. The van der Waals surface area contributed by atoms with Crippen LogP contribution in [0.4, 0.5) is 4.39 Å². The van der Waals surface area contributed by atoms with Crippen molar-refractivity contribution >= 4 is 0 Å². The van der Waals surface area contributed by atoms with E-state index in [1.807, 2.05) is 13.0 Å². The molecule has 1 unspecified atom stereocenters. The van der Waals surface area contributed by atoms with Crippen LogP contribution in [0, 0.1) is 5.82 Å². The molecule has 2 aromatic rings. The van der Waals surface area contributed by atoms with E-state index in [0.29, 0.717) is 18.0 Å². The smallest absolute Gasteiger partial charge is 0.212 e. The van der Waals surface area contributed by atoms with Crippen molar-refractivity contribution in [1.29, 1.82) is 0 Å². The maximum absolute atomic E-state index is 13.2. The topological polar surface area (TPSA) is 54.4 Å². The number of phenols is 1. The van der Waals surface area contributed by atoms with Crippen molar-refractivity contribution in [3.63, 3.8) is 0 Å². The van der Waals surface area contributed by atoms with Gasteiger partial charge in [0.15, 0.2) is 0 Å². The van der Waals surface area contributed by atoms with Gasteiger partial charge < -0.3 is 15.2 Å². The molecular weight excluding hydrogens is 259 g/mol. The second-order valence-corrected chi connectivity index (χ2v) is 4.51. The number of phenolic OH excluding ortho intramolecular Hbond substituents is 1. The highest BCUT2D eigenvalue weighted by molar-refractivity contribution is 5.35. The van der Waals surface area contributed by atoms with Crippen LogP contribution in [0.5, 0.6) is 11.6 Å². The Morgan fingerprint density at radius 1 is 1.35 bits per heavy atom. The van der Waals surface area contributed by atoms with Gasteiger partial charge in [0.05, 0.1) is 7.11 Å². The van der Waals surface area contributed by atoms with E-state index in [-0.39, 0.29) is 17.6 Å². The highest BCUT2D eigenvalue weighted by Gasteiger charge is 2.11. The second-order valence-electron chi connectivity index (χ2n) is 4.51. The summed E-state index contributed by atoms with van der Waals surface area (Å²) in [6.07, 6.45) is 1.71. The van der Waals surface area contributed by atoms with Gasteiger partial charge >= 0.3 is 0 Å². The quantitative estimate of drug-likeness (QED) is 0.881. The summed E-state index contributed by atoms with van der Waals surface area (Å²) in [4.78, 5) is 4.11. The van der Waals surface area contributed by atoms with Crippen molar-refractivity contribution in [3.8, 4) is 11.6 Å². The zero-order valence-electron chi connectivity index (χ0n) is 11.4. The molecule has 1 heterocycles. The zero-order chi connectivity index (χ0) is 14.5. The van der Waals surface area contributed by atoms with Crippen molar-refractivity contribution in [2.24, 2.45) is 0 Å². The average Bonchev–Trinajstić information content (AvgIpc) is 2.47. The third-order valence-electron chi connectivity index (χ3n) is 3.08. The van der Waals surface area contributed by atoms with Gasteiger partial charge in [-0.1, -0.05) is 6.07 Å². The molecule has 0 aliphatic carbocycles. The molecule has 0 amide bonds. The van der Waals surface area contributed by atoms with E-state index in [1.165, 1.54) is 18.2 Å². The first-order valence-corrected chi connectivity index (χ1v) is 6.31. The van der Waals surface area contributed by atoms with Crippen LogP contribution < -0.4 is 10.1 Å². The lowest BCUT2D eigenvalue weighted by Gasteiger charge is -2.15. The first-order valence-electron chi connectivity index (χ1n) is 6.31. The van der Waals surface area contributed by atoms with Gasteiger partial charge in [-0.25, -0.2) is 9.37 Å². The number of aromatic hydroxyl groups is 1. The van der Waals surface area contributed by atoms with Gasteiger partial charge in [-0.15, -0.1) is 0 Å². The summed E-state index contributed by atoms with van der Waals surface area (Å²) in [5.41, 5.74) is 1.51. The Hall–Kier alpha value is -2.14. The van der Waals surface area contributed by atoms with Crippen molar-refractivity contribution in [2.75, 3.05) is 7.11 Å². The Balaban J connectivity index is 2.00. The Bertz CT molecular complexity index is 573. The molecule has 1 aromatic heterocycles. The number of ether oxygens (including phenoxy) is 1. The molecule has 2 rings (SSSR count). The normalized spacial score (nSPS) is 12.2. The Kier molecular flexibility index (Phi) is 4.53. The van der Waals surface area contributed by atoms with Crippen molar-refractivity contribution in [2.45, 2.75) is 19.5 Å². The van der Waals surface area contributed by atoms with E-state index in [2.05, 4.69) is 10.3 Å². The Morgan fingerprint density at radius 2 is 2.15 bits per heavy atom. The minimum absolute atomic E-state index is 0.0826. The van der Waals surface area contributed by atoms with Crippen LogP contribution in [0.2, 0.25) is 0 Å². The number of halogens is 1. The fourth-order valence-corrected chi connectivity index (χ4v) is 1.89. The molecule has 1 atom stereocenters. The predicted octanol–water partition coefficient (Wildman–Crippen LogP) is 2.79. The molecule has 0 aliphatic rings. The van der Waals surface area contributed by atoms with Gasteiger partial charge in [0, 0.05) is 30.4 Å². The van der Waals surface area contributed by atoms with Gasteiger partial charge in [0.25, 0.3) is 0 Å². The molecule has 0 aliphatic heterocycles. The summed E-state index contributed by atoms with van der Waals surface area (Å²) in [6.45, 7) is 2.43. The molecule has 5 heteroatoms. The highest BCUT2D eigenvalue weighted by Crippen LogP contribution is 2.24. The number of nitrogens with one attached hydrogen (secondary N) is 1. The van der Waals surface area contributed by atoms with E-state index in [9.17, 15) is 9.50 Å². The summed E-state index contributed by atoms with van der Waals surface area (Å²) in [5, 5.41) is 12.9. The van der Waals surface area contributed by atoms with Crippen LogP contribution in [0.15, 0.2) is 36.5 Å². The fourth-order valence-electron chi connectivity index (χ4n) is 1.89. The van der Waals surface area contributed by atoms with Gasteiger partial charge in [-0.2, -0.15) is 0 Å². The summed E-state index contributed by atoms with van der Waals surface area (Å²) < 4.78 is 18.2. The van der Waals surface area contributed by atoms with Crippen LogP contribution in [0.1, 0.15) is 24.1 Å². The number of rotatable bonds is 5. The predicted molar refractivity (Wildman–Crippen MR) is 74.1 cm³/mol. The molecule has 0 radical (unpaired) electrons. The number of hydrogen-bond donors (Lipinski definition) is 2. The van der Waals surface area contributed by atoms with Gasteiger partial charge in [-0.05, 0) is 30.7 Å². The lowest BCUT2D eigenvalue weighted by Crippen LogP contribution is -2.18. The number of benzene rings is 1. The van der Waals surface area contributed by atoms with E-state index >= 15 is 0 Å². The summed E-state index contributed by atoms with van der Waals surface area (Å²) >= 11 is 0. The fraction of sp³-hybridized carbons (Fsp3) is 0.267. The number of methoxy groups -OCH3 is 1. The highest BCUT2D eigenvalue weighted by atomic mass is 19.1.